The maximum Gasteiger partial charge on any atom is 0.255 e. The van der Waals surface area contributed by atoms with Crippen molar-refractivity contribution in [3.63, 3.8) is 0 Å². The number of fused-ring (bicyclic) bond motifs is 1. The van der Waals surface area contributed by atoms with E-state index in [1.54, 1.807) is 16.4 Å². The van der Waals surface area contributed by atoms with Crippen molar-refractivity contribution in [1.29, 1.82) is 0 Å². The fourth-order valence-corrected chi connectivity index (χ4v) is 4.91. The molecule has 0 saturated carbocycles. The number of hydrogen-bond acceptors (Lipinski definition) is 7. The van der Waals surface area contributed by atoms with Crippen molar-refractivity contribution in [2.75, 3.05) is 23.0 Å². The van der Waals surface area contributed by atoms with Gasteiger partial charge >= 0.3 is 0 Å². The molecule has 196 valence electrons. The summed E-state index contributed by atoms with van der Waals surface area (Å²) in [5, 5.41) is 11.8. The number of aryl methyl sites for hydroxylation is 1. The van der Waals surface area contributed by atoms with Crippen LogP contribution in [-0.2, 0) is 4.79 Å². The fraction of sp³-hybridized carbons (Fsp3) is 0.393. The molecular weight excluding hydrogens is 486 g/mol. The van der Waals surface area contributed by atoms with Gasteiger partial charge in [0.2, 0.25) is 11.1 Å². The monoisotopic (exact) mass is 521 g/mol. The maximum absolute atomic E-state index is 13.8. The van der Waals surface area contributed by atoms with Crippen LogP contribution in [0.1, 0.15) is 58.2 Å². The van der Waals surface area contributed by atoms with E-state index in [2.05, 4.69) is 17.6 Å². The molecule has 1 unspecified atom stereocenters. The third-order valence-corrected chi connectivity index (χ3v) is 6.78. The minimum atomic E-state index is -0.503. The molecule has 2 N–H and O–H groups in total. The van der Waals surface area contributed by atoms with E-state index in [1.165, 1.54) is 0 Å². The number of thioether (sulfide) groups is 1. The van der Waals surface area contributed by atoms with Crippen molar-refractivity contribution in [2.24, 2.45) is 0 Å². The Morgan fingerprint density at radius 2 is 1.97 bits per heavy atom. The van der Waals surface area contributed by atoms with Gasteiger partial charge in [-0.3, -0.25) is 4.79 Å². The lowest BCUT2D eigenvalue weighted by Crippen LogP contribution is -2.31. The van der Waals surface area contributed by atoms with Crippen LogP contribution in [0.15, 0.2) is 58.9 Å². The number of nitrogens with one attached hydrogen (secondary N) is 2. The minimum Gasteiger partial charge on any atom is -0.490 e. The zero-order valence-corrected chi connectivity index (χ0v) is 23.1. The molecule has 0 fully saturated rings. The van der Waals surface area contributed by atoms with Gasteiger partial charge in [-0.2, -0.15) is 4.98 Å². The third-order valence-electron chi connectivity index (χ3n) is 5.74. The van der Waals surface area contributed by atoms with E-state index in [1.807, 2.05) is 77.1 Å². The lowest BCUT2D eigenvalue weighted by molar-refractivity contribution is -0.113. The van der Waals surface area contributed by atoms with E-state index in [4.69, 9.17) is 19.6 Å². The van der Waals surface area contributed by atoms with E-state index < -0.39 is 6.04 Å². The van der Waals surface area contributed by atoms with Gasteiger partial charge in [0, 0.05) is 17.1 Å². The molecule has 0 aliphatic carbocycles. The van der Waals surface area contributed by atoms with E-state index in [-0.39, 0.29) is 12.0 Å². The summed E-state index contributed by atoms with van der Waals surface area (Å²) in [6.07, 6.45) is 1.02. The summed E-state index contributed by atoms with van der Waals surface area (Å²) in [4.78, 5) is 18.5. The van der Waals surface area contributed by atoms with Crippen molar-refractivity contribution >= 4 is 29.3 Å². The minimum absolute atomic E-state index is 0.00168. The van der Waals surface area contributed by atoms with E-state index in [0.717, 1.165) is 34.7 Å². The van der Waals surface area contributed by atoms with Crippen molar-refractivity contribution in [3.05, 3.63) is 64.9 Å². The van der Waals surface area contributed by atoms with E-state index in [0.29, 0.717) is 34.8 Å². The molecule has 1 aliphatic heterocycles. The van der Waals surface area contributed by atoms with Crippen molar-refractivity contribution < 1.29 is 14.3 Å². The second kappa shape index (κ2) is 11.7. The van der Waals surface area contributed by atoms with Crippen LogP contribution >= 0.6 is 11.8 Å². The summed E-state index contributed by atoms with van der Waals surface area (Å²) >= 11 is 1.60. The highest BCUT2D eigenvalue weighted by atomic mass is 32.2. The standard InChI is InChI=1S/C28H35N5O3S/c1-7-14-37-28-31-27-29-19(6)24(26(34)30-21-11-9-10-18(5)15-21)25(33(27)32-28)20-12-13-22(36-17(3)4)23(16-20)35-8-2/h9-13,15-17,25H,7-8,14H2,1-6H3,(H,30,34)(H,29,31,32). The van der Waals surface area contributed by atoms with Gasteiger partial charge in [0.25, 0.3) is 5.91 Å². The summed E-state index contributed by atoms with van der Waals surface area (Å²) < 4.78 is 13.7. The van der Waals surface area contributed by atoms with Crippen LogP contribution in [0.2, 0.25) is 0 Å². The molecule has 1 aliphatic rings. The van der Waals surface area contributed by atoms with Gasteiger partial charge in [-0.15, -0.1) is 5.10 Å². The first-order chi connectivity index (χ1) is 17.8. The number of rotatable bonds is 10. The molecule has 0 saturated heterocycles. The van der Waals surface area contributed by atoms with Gasteiger partial charge in [0.05, 0.1) is 18.3 Å². The van der Waals surface area contributed by atoms with Crippen molar-refractivity contribution in [1.82, 2.24) is 14.8 Å². The topological polar surface area (TPSA) is 90.3 Å². The number of ether oxygens (including phenoxy) is 2. The number of anilines is 2. The predicted octanol–water partition coefficient (Wildman–Crippen LogP) is 6.20. The smallest absolute Gasteiger partial charge is 0.255 e. The normalized spacial score (nSPS) is 14.8. The van der Waals surface area contributed by atoms with Gasteiger partial charge in [-0.05, 0) is 76.4 Å². The number of amides is 1. The van der Waals surface area contributed by atoms with Crippen molar-refractivity contribution in [3.8, 4) is 11.5 Å². The van der Waals surface area contributed by atoms with Crippen LogP contribution in [0.3, 0.4) is 0 Å². The van der Waals surface area contributed by atoms with Crippen LogP contribution in [0.25, 0.3) is 0 Å². The second-order valence-corrected chi connectivity index (χ2v) is 10.3. The van der Waals surface area contributed by atoms with Gasteiger partial charge < -0.3 is 20.1 Å². The van der Waals surface area contributed by atoms with Crippen LogP contribution in [0.4, 0.5) is 11.6 Å². The number of allylic oxidation sites excluding steroid dienone is 1. The number of carbonyl (C=O) groups excluding carboxylic acids is 1. The highest BCUT2D eigenvalue weighted by Crippen LogP contribution is 2.40. The molecule has 0 bridgehead atoms. The molecule has 3 aromatic rings. The Balaban J connectivity index is 1.80. The molecule has 1 aromatic heterocycles. The highest BCUT2D eigenvalue weighted by molar-refractivity contribution is 7.99. The number of carbonyl (C=O) groups is 1. The van der Waals surface area contributed by atoms with Gasteiger partial charge in [-0.1, -0.05) is 36.9 Å². The van der Waals surface area contributed by atoms with Crippen LogP contribution in [0.5, 0.6) is 11.5 Å². The largest absolute Gasteiger partial charge is 0.490 e. The predicted molar refractivity (Wildman–Crippen MR) is 149 cm³/mol. The summed E-state index contributed by atoms with van der Waals surface area (Å²) in [7, 11) is 0. The average molecular weight is 522 g/mol. The molecule has 4 rings (SSSR count). The molecule has 2 heterocycles. The average Bonchev–Trinajstić information content (AvgIpc) is 3.25. The lowest BCUT2D eigenvalue weighted by atomic mass is 9.94. The molecule has 9 heteroatoms. The number of benzene rings is 2. The number of nitrogens with zero attached hydrogens (tertiary/aromatic N) is 3. The van der Waals surface area contributed by atoms with Gasteiger partial charge in [0.15, 0.2) is 11.5 Å². The maximum atomic E-state index is 13.8. The number of hydrogen-bond donors (Lipinski definition) is 2. The zero-order valence-electron chi connectivity index (χ0n) is 22.3. The summed E-state index contributed by atoms with van der Waals surface area (Å²) in [5.74, 6) is 2.61. The summed E-state index contributed by atoms with van der Waals surface area (Å²) in [5.41, 5.74) is 3.95. The van der Waals surface area contributed by atoms with Gasteiger partial charge in [0.1, 0.15) is 6.04 Å². The third kappa shape index (κ3) is 6.10. The Labute approximate surface area is 222 Å². The summed E-state index contributed by atoms with van der Waals surface area (Å²) in [6, 6.07) is 13.1. The Morgan fingerprint density at radius 3 is 2.68 bits per heavy atom. The van der Waals surface area contributed by atoms with Crippen LogP contribution < -0.4 is 20.1 Å². The zero-order chi connectivity index (χ0) is 26.5. The van der Waals surface area contributed by atoms with Crippen molar-refractivity contribution in [2.45, 2.75) is 65.3 Å². The Hall–Kier alpha value is -3.46. The number of aromatic nitrogens is 3. The Bertz CT molecular complexity index is 1300. The quantitative estimate of drug-likeness (QED) is 0.307. The lowest BCUT2D eigenvalue weighted by Gasteiger charge is -2.29. The van der Waals surface area contributed by atoms with Gasteiger partial charge in [-0.25, -0.2) is 4.68 Å². The highest BCUT2D eigenvalue weighted by Gasteiger charge is 2.35. The summed E-state index contributed by atoms with van der Waals surface area (Å²) in [6.45, 7) is 12.4. The fourth-order valence-electron chi connectivity index (χ4n) is 4.22. The first-order valence-corrected chi connectivity index (χ1v) is 13.7. The van der Waals surface area contributed by atoms with E-state index >= 15 is 0 Å². The SMILES string of the molecule is CCCSc1nc2n(n1)C(c1ccc(OC(C)C)c(OCC)c1)C(C(=O)Nc1cccc(C)c1)=C(C)N2. The molecule has 0 radical (unpaired) electrons. The van der Waals surface area contributed by atoms with Crippen LogP contribution in [0, 0.1) is 6.92 Å². The second-order valence-electron chi connectivity index (χ2n) is 9.21. The molecular formula is C28H35N5O3S. The molecule has 0 spiro atoms. The first-order valence-electron chi connectivity index (χ1n) is 12.7. The molecule has 1 atom stereocenters. The molecule has 1 amide bonds. The molecule has 37 heavy (non-hydrogen) atoms. The molecule has 2 aromatic carbocycles. The Morgan fingerprint density at radius 1 is 1.16 bits per heavy atom. The van der Waals surface area contributed by atoms with E-state index in [9.17, 15) is 4.79 Å². The van der Waals surface area contributed by atoms with Crippen LogP contribution in [-0.4, -0.2) is 39.1 Å². The Kier molecular flexibility index (Phi) is 8.43. The molecule has 8 nitrogen and oxygen atoms in total. The first kappa shape index (κ1) is 26.6.